The first-order valence-corrected chi connectivity index (χ1v) is 5.95. The Labute approximate surface area is 85.8 Å². The molecule has 2 saturated heterocycles. The van der Waals surface area contributed by atoms with Crippen LogP contribution in [0.4, 0.5) is 0 Å². The van der Waals surface area contributed by atoms with E-state index in [1.165, 1.54) is 32.4 Å². The molecule has 3 aliphatic rings. The minimum absolute atomic E-state index is 0.459. The van der Waals surface area contributed by atoms with Crippen molar-refractivity contribution in [3.8, 4) is 0 Å². The van der Waals surface area contributed by atoms with Crippen molar-refractivity contribution in [1.82, 2.24) is 10.2 Å². The molecule has 0 amide bonds. The molecule has 3 heteroatoms. The highest BCUT2D eigenvalue weighted by Crippen LogP contribution is 2.44. The molecule has 1 N–H and O–H groups in total. The molecule has 0 spiro atoms. The quantitative estimate of drug-likeness (QED) is 0.694. The fraction of sp³-hybridized carbons (Fsp3) is 1.00. The monoisotopic (exact) mass is 196 g/mol. The summed E-state index contributed by atoms with van der Waals surface area (Å²) < 4.78 is 5.49. The first kappa shape index (κ1) is 9.13. The van der Waals surface area contributed by atoms with Crippen LogP contribution in [-0.2, 0) is 4.74 Å². The number of hydrogen-bond acceptors (Lipinski definition) is 3. The van der Waals surface area contributed by atoms with Crippen molar-refractivity contribution in [1.29, 1.82) is 0 Å². The molecule has 0 aromatic heterocycles. The normalized spacial score (nSPS) is 33.4. The molecule has 0 atom stereocenters. The number of rotatable bonds is 2. The maximum atomic E-state index is 5.49. The van der Waals surface area contributed by atoms with Crippen LogP contribution in [0.5, 0.6) is 0 Å². The predicted molar refractivity (Wildman–Crippen MR) is 55.3 cm³/mol. The van der Waals surface area contributed by atoms with E-state index in [9.17, 15) is 0 Å². The summed E-state index contributed by atoms with van der Waals surface area (Å²) >= 11 is 0. The van der Waals surface area contributed by atoms with Crippen LogP contribution >= 0.6 is 0 Å². The molecule has 2 aliphatic heterocycles. The van der Waals surface area contributed by atoms with Gasteiger partial charge in [0.25, 0.3) is 0 Å². The summed E-state index contributed by atoms with van der Waals surface area (Å²) in [4.78, 5) is 2.69. The second kappa shape index (κ2) is 3.47. The zero-order valence-electron chi connectivity index (χ0n) is 8.80. The fourth-order valence-electron chi connectivity index (χ4n) is 3.04. The summed E-state index contributed by atoms with van der Waals surface area (Å²) in [5.41, 5.74) is 0.459. The van der Waals surface area contributed by atoms with E-state index in [0.29, 0.717) is 5.54 Å². The number of piperazine rings is 1. The van der Waals surface area contributed by atoms with Crippen LogP contribution in [0.1, 0.15) is 19.3 Å². The second-order valence-corrected chi connectivity index (χ2v) is 4.96. The Kier molecular flexibility index (Phi) is 2.26. The van der Waals surface area contributed by atoms with Crippen LogP contribution in [-0.4, -0.2) is 49.8 Å². The lowest BCUT2D eigenvalue weighted by Crippen LogP contribution is -2.70. The van der Waals surface area contributed by atoms with Crippen molar-refractivity contribution in [2.45, 2.75) is 24.8 Å². The lowest BCUT2D eigenvalue weighted by atomic mass is 9.68. The van der Waals surface area contributed by atoms with E-state index in [2.05, 4.69) is 10.2 Å². The van der Waals surface area contributed by atoms with Gasteiger partial charge in [0.2, 0.25) is 0 Å². The second-order valence-electron chi connectivity index (χ2n) is 4.96. The smallest absolute Gasteiger partial charge is 0.0707 e. The molecule has 0 aromatic rings. The molecule has 80 valence electrons. The van der Waals surface area contributed by atoms with E-state index in [1.54, 1.807) is 0 Å². The van der Waals surface area contributed by atoms with Gasteiger partial charge in [0.15, 0.2) is 0 Å². The highest BCUT2D eigenvalue weighted by molar-refractivity contribution is 5.05. The van der Waals surface area contributed by atoms with Gasteiger partial charge in [-0.15, -0.1) is 0 Å². The van der Waals surface area contributed by atoms with E-state index in [0.717, 1.165) is 32.2 Å². The Hall–Kier alpha value is -0.120. The maximum Gasteiger partial charge on any atom is 0.0707 e. The Bertz CT molecular complexity index is 205. The number of nitrogens with zero attached hydrogens (tertiary/aromatic N) is 1. The van der Waals surface area contributed by atoms with Crippen LogP contribution in [0, 0.1) is 5.92 Å². The molecule has 1 saturated carbocycles. The van der Waals surface area contributed by atoms with Crippen LogP contribution in [0.25, 0.3) is 0 Å². The van der Waals surface area contributed by atoms with Crippen LogP contribution in [0.2, 0.25) is 0 Å². The van der Waals surface area contributed by atoms with E-state index < -0.39 is 0 Å². The average Bonchev–Trinajstić information content (AvgIpc) is 2.09. The fourth-order valence-corrected chi connectivity index (χ4v) is 3.04. The summed E-state index contributed by atoms with van der Waals surface area (Å²) in [6, 6.07) is 0. The Morgan fingerprint density at radius 3 is 2.29 bits per heavy atom. The van der Waals surface area contributed by atoms with Gasteiger partial charge in [0, 0.05) is 26.2 Å². The molecular formula is C11H20N2O. The molecular weight excluding hydrogens is 176 g/mol. The standard InChI is InChI=1S/C11H20N2O/c1-2-10(3-1)11(8-14-9-11)13-6-4-12-5-7-13/h10,12H,1-9H2. The number of nitrogens with one attached hydrogen (secondary N) is 1. The van der Waals surface area contributed by atoms with E-state index in [-0.39, 0.29) is 0 Å². The average molecular weight is 196 g/mol. The molecule has 2 heterocycles. The minimum Gasteiger partial charge on any atom is -0.377 e. The lowest BCUT2D eigenvalue weighted by Gasteiger charge is -2.57. The summed E-state index contributed by atoms with van der Waals surface area (Å²) in [5.74, 6) is 0.939. The molecule has 14 heavy (non-hydrogen) atoms. The third kappa shape index (κ3) is 1.23. The van der Waals surface area contributed by atoms with Gasteiger partial charge in [0.05, 0.1) is 18.8 Å². The lowest BCUT2D eigenvalue weighted by molar-refractivity contribution is -0.185. The summed E-state index contributed by atoms with van der Waals surface area (Å²) in [6.07, 6.45) is 4.32. The van der Waals surface area contributed by atoms with Gasteiger partial charge in [-0.25, -0.2) is 0 Å². The van der Waals surface area contributed by atoms with Crippen molar-refractivity contribution in [3.05, 3.63) is 0 Å². The van der Waals surface area contributed by atoms with Crippen LogP contribution in [0.3, 0.4) is 0 Å². The molecule has 3 fully saturated rings. The van der Waals surface area contributed by atoms with E-state index >= 15 is 0 Å². The largest absolute Gasteiger partial charge is 0.377 e. The van der Waals surface area contributed by atoms with E-state index in [4.69, 9.17) is 4.74 Å². The Balaban J connectivity index is 1.71. The zero-order valence-corrected chi connectivity index (χ0v) is 8.80. The molecule has 0 radical (unpaired) electrons. The third-order valence-corrected chi connectivity index (χ3v) is 4.32. The summed E-state index contributed by atoms with van der Waals surface area (Å²) in [5, 5.41) is 3.43. The molecule has 0 aromatic carbocycles. The van der Waals surface area contributed by atoms with Gasteiger partial charge in [-0.2, -0.15) is 0 Å². The zero-order chi connectivity index (χ0) is 9.43. The highest BCUT2D eigenvalue weighted by Gasteiger charge is 2.51. The SMILES string of the molecule is C1CC(C2(N3CCNCC3)COC2)C1. The van der Waals surface area contributed by atoms with Crippen molar-refractivity contribution < 1.29 is 4.74 Å². The minimum atomic E-state index is 0.459. The Morgan fingerprint density at radius 1 is 1.14 bits per heavy atom. The Morgan fingerprint density at radius 2 is 1.86 bits per heavy atom. The number of ether oxygens (including phenoxy) is 1. The maximum absolute atomic E-state index is 5.49. The molecule has 3 rings (SSSR count). The van der Waals surface area contributed by atoms with Crippen molar-refractivity contribution in [3.63, 3.8) is 0 Å². The van der Waals surface area contributed by atoms with Crippen LogP contribution < -0.4 is 5.32 Å². The summed E-state index contributed by atoms with van der Waals surface area (Å²) in [7, 11) is 0. The highest BCUT2D eigenvalue weighted by atomic mass is 16.5. The third-order valence-electron chi connectivity index (χ3n) is 4.32. The summed E-state index contributed by atoms with van der Waals surface area (Å²) in [6.45, 7) is 6.76. The van der Waals surface area contributed by atoms with Crippen LogP contribution in [0.15, 0.2) is 0 Å². The van der Waals surface area contributed by atoms with Gasteiger partial charge < -0.3 is 10.1 Å². The van der Waals surface area contributed by atoms with Crippen molar-refractivity contribution in [2.24, 2.45) is 5.92 Å². The molecule has 3 nitrogen and oxygen atoms in total. The van der Waals surface area contributed by atoms with Gasteiger partial charge >= 0.3 is 0 Å². The molecule has 0 bridgehead atoms. The van der Waals surface area contributed by atoms with Gasteiger partial charge in [-0.3, -0.25) is 4.90 Å². The number of hydrogen-bond donors (Lipinski definition) is 1. The topological polar surface area (TPSA) is 24.5 Å². The first-order chi connectivity index (χ1) is 6.92. The van der Waals surface area contributed by atoms with Gasteiger partial charge in [0.1, 0.15) is 0 Å². The van der Waals surface area contributed by atoms with Crippen molar-refractivity contribution in [2.75, 3.05) is 39.4 Å². The van der Waals surface area contributed by atoms with E-state index in [1.807, 2.05) is 0 Å². The van der Waals surface area contributed by atoms with Crippen molar-refractivity contribution >= 4 is 0 Å². The van der Waals surface area contributed by atoms with Gasteiger partial charge in [-0.05, 0) is 18.8 Å². The molecule has 0 unspecified atom stereocenters. The molecule has 1 aliphatic carbocycles. The predicted octanol–water partition coefficient (Wildman–Crippen LogP) is 0.461. The van der Waals surface area contributed by atoms with Gasteiger partial charge in [-0.1, -0.05) is 6.42 Å². The first-order valence-electron chi connectivity index (χ1n) is 5.95.